The van der Waals surface area contributed by atoms with E-state index in [4.69, 9.17) is 0 Å². The number of hydrogen-bond acceptors (Lipinski definition) is 4. The summed E-state index contributed by atoms with van der Waals surface area (Å²) in [5.41, 5.74) is 0.862. The van der Waals surface area contributed by atoms with Crippen LogP contribution in [0, 0.1) is 6.92 Å². The third-order valence-electron chi connectivity index (χ3n) is 2.57. The average molecular weight is 225 g/mol. The molecule has 0 bridgehead atoms. The van der Waals surface area contributed by atoms with E-state index in [1.165, 1.54) is 0 Å². The second kappa shape index (κ2) is 4.81. The van der Waals surface area contributed by atoms with E-state index in [2.05, 4.69) is 15.5 Å². The Kier molecular flexibility index (Phi) is 3.43. The first-order valence-electron chi connectivity index (χ1n) is 5.19. The Hall–Kier alpha value is -0.810. The second-order valence-electron chi connectivity index (χ2n) is 3.76. The van der Waals surface area contributed by atoms with Crippen molar-refractivity contribution in [2.45, 2.75) is 30.0 Å². The fraction of sp³-hybridized carbons (Fsp3) is 0.600. The molecule has 1 fully saturated rings. The maximum absolute atomic E-state index is 12.1. The third-order valence-corrected chi connectivity index (χ3v) is 4.28. The summed E-state index contributed by atoms with van der Waals surface area (Å²) >= 11 is 0. The fourth-order valence-electron chi connectivity index (χ4n) is 1.67. The molecule has 1 atom stereocenters. The molecule has 5 heteroatoms. The monoisotopic (exact) mass is 225 g/mol. The fourth-order valence-corrected chi connectivity index (χ4v) is 3.00. The molecule has 1 N–H and O–H groups in total. The highest BCUT2D eigenvalue weighted by molar-refractivity contribution is 7.85. The highest BCUT2D eigenvalue weighted by Gasteiger charge is 2.21. The molecule has 82 valence electrons. The van der Waals surface area contributed by atoms with Crippen LogP contribution in [0.5, 0.6) is 0 Å². The molecule has 0 amide bonds. The highest BCUT2D eigenvalue weighted by atomic mass is 32.2. The van der Waals surface area contributed by atoms with Gasteiger partial charge in [-0.15, -0.1) is 5.10 Å². The van der Waals surface area contributed by atoms with Crippen molar-refractivity contribution in [2.24, 2.45) is 0 Å². The highest BCUT2D eigenvalue weighted by Crippen LogP contribution is 2.15. The molecular weight excluding hydrogens is 210 g/mol. The number of nitrogens with one attached hydrogen (secondary N) is 1. The molecule has 0 aliphatic carbocycles. The smallest absolute Gasteiger partial charge is 0.150 e. The first-order chi connectivity index (χ1) is 7.27. The zero-order valence-corrected chi connectivity index (χ0v) is 9.59. The van der Waals surface area contributed by atoms with E-state index in [0.717, 1.165) is 31.6 Å². The Morgan fingerprint density at radius 2 is 2.07 bits per heavy atom. The Morgan fingerprint density at radius 3 is 2.67 bits per heavy atom. The average Bonchev–Trinajstić information content (AvgIpc) is 2.30. The van der Waals surface area contributed by atoms with E-state index in [0.29, 0.717) is 5.03 Å². The van der Waals surface area contributed by atoms with Gasteiger partial charge in [-0.25, -0.2) is 0 Å². The lowest BCUT2D eigenvalue weighted by Crippen LogP contribution is -2.33. The zero-order chi connectivity index (χ0) is 10.7. The molecule has 0 unspecified atom stereocenters. The van der Waals surface area contributed by atoms with Gasteiger partial charge in [0.1, 0.15) is 5.03 Å². The summed E-state index contributed by atoms with van der Waals surface area (Å²) in [6.07, 6.45) is 1.92. The van der Waals surface area contributed by atoms with Gasteiger partial charge in [0.25, 0.3) is 0 Å². The molecule has 1 aliphatic heterocycles. The third kappa shape index (κ3) is 2.60. The SMILES string of the molecule is Cc1ccc([S@](=O)C2CCNCC2)nn1. The summed E-state index contributed by atoms with van der Waals surface area (Å²) in [5, 5.41) is 12.0. The maximum atomic E-state index is 12.1. The first kappa shape index (κ1) is 10.7. The minimum atomic E-state index is -0.992. The molecule has 0 radical (unpaired) electrons. The van der Waals surface area contributed by atoms with Crippen molar-refractivity contribution in [3.05, 3.63) is 17.8 Å². The van der Waals surface area contributed by atoms with E-state index in [1.807, 2.05) is 19.1 Å². The Bertz CT molecular complexity index is 346. The quantitative estimate of drug-likeness (QED) is 0.802. The summed E-state index contributed by atoms with van der Waals surface area (Å²) in [6.45, 7) is 3.79. The summed E-state index contributed by atoms with van der Waals surface area (Å²) in [7, 11) is -0.992. The Balaban J connectivity index is 2.09. The molecule has 1 aliphatic rings. The Labute approximate surface area is 91.9 Å². The second-order valence-corrected chi connectivity index (χ2v) is 5.44. The van der Waals surface area contributed by atoms with Crippen molar-refractivity contribution in [3.63, 3.8) is 0 Å². The number of aromatic nitrogens is 2. The van der Waals surface area contributed by atoms with Crippen molar-refractivity contribution >= 4 is 10.8 Å². The summed E-state index contributed by atoms with van der Waals surface area (Å²) in [4.78, 5) is 0. The van der Waals surface area contributed by atoms with Crippen molar-refractivity contribution in [1.82, 2.24) is 15.5 Å². The topological polar surface area (TPSA) is 54.9 Å². The van der Waals surface area contributed by atoms with Gasteiger partial charge < -0.3 is 5.32 Å². The molecule has 0 spiro atoms. The predicted octanol–water partition coefficient (Wildman–Crippen LogP) is 0.645. The number of nitrogens with zero attached hydrogens (tertiary/aromatic N) is 2. The van der Waals surface area contributed by atoms with E-state index in [1.54, 1.807) is 0 Å². The lowest BCUT2D eigenvalue weighted by molar-refractivity contribution is 0.518. The molecule has 1 aromatic heterocycles. The van der Waals surface area contributed by atoms with E-state index >= 15 is 0 Å². The number of piperidine rings is 1. The minimum Gasteiger partial charge on any atom is -0.317 e. The van der Waals surface area contributed by atoms with Crippen molar-refractivity contribution in [2.75, 3.05) is 13.1 Å². The van der Waals surface area contributed by atoms with Crippen molar-refractivity contribution < 1.29 is 4.21 Å². The van der Waals surface area contributed by atoms with Crippen molar-refractivity contribution in [3.8, 4) is 0 Å². The van der Waals surface area contributed by atoms with E-state index in [-0.39, 0.29) is 5.25 Å². The van der Waals surface area contributed by atoms with Gasteiger partial charge >= 0.3 is 0 Å². The summed E-state index contributed by atoms with van der Waals surface area (Å²) in [5.74, 6) is 0. The van der Waals surface area contributed by atoms with Crippen LogP contribution in [-0.4, -0.2) is 32.7 Å². The molecule has 1 saturated heterocycles. The number of aryl methyl sites for hydroxylation is 1. The van der Waals surface area contributed by atoms with Crippen LogP contribution in [0.3, 0.4) is 0 Å². The van der Waals surface area contributed by atoms with Crippen LogP contribution < -0.4 is 5.32 Å². The first-order valence-corrected chi connectivity index (χ1v) is 6.40. The summed E-state index contributed by atoms with van der Waals surface area (Å²) in [6, 6.07) is 3.68. The maximum Gasteiger partial charge on any atom is 0.150 e. The molecule has 0 aromatic carbocycles. The summed E-state index contributed by atoms with van der Waals surface area (Å²) < 4.78 is 12.1. The molecule has 2 rings (SSSR count). The lowest BCUT2D eigenvalue weighted by atomic mass is 10.2. The molecule has 0 saturated carbocycles. The van der Waals surface area contributed by atoms with Crippen molar-refractivity contribution in [1.29, 1.82) is 0 Å². The van der Waals surface area contributed by atoms with Gasteiger partial charge in [0.15, 0.2) is 0 Å². The Morgan fingerprint density at radius 1 is 1.33 bits per heavy atom. The zero-order valence-electron chi connectivity index (χ0n) is 8.77. The molecule has 15 heavy (non-hydrogen) atoms. The van der Waals surface area contributed by atoms with Gasteiger partial charge in [0, 0.05) is 5.25 Å². The molecule has 4 nitrogen and oxygen atoms in total. The minimum absolute atomic E-state index is 0.239. The van der Waals surface area contributed by atoms with Crippen LogP contribution in [0.2, 0.25) is 0 Å². The largest absolute Gasteiger partial charge is 0.317 e. The van der Waals surface area contributed by atoms with Crippen LogP contribution in [0.15, 0.2) is 17.2 Å². The van der Waals surface area contributed by atoms with Crippen LogP contribution in [0.25, 0.3) is 0 Å². The lowest BCUT2D eigenvalue weighted by Gasteiger charge is -2.21. The standard InChI is InChI=1S/C10H15N3OS/c1-8-2-3-10(13-12-8)15(14)9-4-6-11-7-5-9/h2-3,9,11H,4-7H2,1H3/t15-/m1/s1. The normalized spacial score (nSPS) is 20.1. The van der Waals surface area contributed by atoms with Gasteiger partial charge in [0.2, 0.25) is 0 Å². The van der Waals surface area contributed by atoms with Crippen LogP contribution in [0.1, 0.15) is 18.5 Å². The van der Waals surface area contributed by atoms with Crippen LogP contribution in [0.4, 0.5) is 0 Å². The van der Waals surface area contributed by atoms with Gasteiger partial charge in [-0.2, -0.15) is 5.10 Å². The van der Waals surface area contributed by atoms with Crippen LogP contribution >= 0.6 is 0 Å². The van der Waals surface area contributed by atoms with E-state index < -0.39 is 10.8 Å². The molecule has 1 aromatic rings. The van der Waals surface area contributed by atoms with Gasteiger partial charge in [0.05, 0.1) is 16.5 Å². The van der Waals surface area contributed by atoms with E-state index in [9.17, 15) is 4.21 Å². The number of rotatable bonds is 2. The van der Waals surface area contributed by atoms with Gasteiger partial charge in [-0.1, -0.05) is 0 Å². The predicted molar refractivity (Wildman–Crippen MR) is 59.1 cm³/mol. The van der Waals surface area contributed by atoms with Gasteiger partial charge in [-0.3, -0.25) is 4.21 Å². The molecular formula is C10H15N3OS. The number of hydrogen-bond donors (Lipinski definition) is 1. The molecule has 2 heterocycles. The van der Waals surface area contributed by atoms with Gasteiger partial charge in [-0.05, 0) is 45.0 Å². The van der Waals surface area contributed by atoms with Crippen LogP contribution in [-0.2, 0) is 10.8 Å².